The van der Waals surface area contributed by atoms with Crippen molar-refractivity contribution in [3.8, 4) is 5.75 Å². The molecular weight excluding hydrogens is 230 g/mol. The number of rotatable bonds is 4. The normalized spacial score (nSPS) is 9.94. The Morgan fingerprint density at radius 3 is 2.61 bits per heavy atom. The molecule has 6 heteroatoms. The molecule has 4 N–H and O–H groups in total. The van der Waals surface area contributed by atoms with E-state index in [1.165, 1.54) is 6.33 Å². The number of benzene rings is 1. The van der Waals surface area contributed by atoms with Gasteiger partial charge in [-0.25, -0.2) is 15.8 Å². The third-order valence-corrected chi connectivity index (χ3v) is 2.51. The SMILES string of the molecule is COc1ccc(Nc2cc(NN)ncn2)c(C)c1. The largest absolute Gasteiger partial charge is 0.497 e. The molecule has 0 spiro atoms. The minimum atomic E-state index is 0.554. The fourth-order valence-electron chi connectivity index (χ4n) is 1.55. The van der Waals surface area contributed by atoms with Crippen LogP contribution >= 0.6 is 0 Å². The number of aryl methyl sites for hydroxylation is 1. The summed E-state index contributed by atoms with van der Waals surface area (Å²) >= 11 is 0. The fraction of sp³-hybridized carbons (Fsp3) is 0.167. The lowest BCUT2D eigenvalue weighted by molar-refractivity contribution is 0.414. The average molecular weight is 245 g/mol. The smallest absolute Gasteiger partial charge is 0.145 e. The molecule has 0 aliphatic rings. The van der Waals surface area contributed by atoms with Crippen molar-refractivity contribution >= 4 is 17.3 Å². The number of aromatic nitrogens is 2. The summed E-state index contributed by atoms with van der Waals surface area (Å²) in [7, 11) is 1.64. The molecule has 0 atom stereocenters. The van der Waals surface area contributed by atoms with Gasteiger partial charge in [-0.15, -0.1) is 0 Å². The van der Waals surface area contributed by atoms with Crippen molar-refractivity contribution in [3.05, 3.63) is 36.2 Å². The minimum absolute atomic E-state index is 0.554. The molecule has 94 valence electrons. The Hall–Kier alpha value is -2.34. The van der Waals surface area contributed by atoms with Gasteiger partial charge >= 0.3 is 0 Å². The van der Waals surface area contributed by atoms with Crippen LogP contribution in [0, 0.1) is 6.92 Å². The van der Waals surface area contributed by atoms with Gasteiger partial charge in [0.15, 0.2) is 0 Å². The average Bonchev–Trinajstić information content (AvgIpc) is 2.41. The van der Waals surface area contributed by atoms with Gasteiger partial charge in [-0.05, 0) is 30.7 Å². The lowest BCUT2D eigenvalue weighted by Crippen LogP contribution is -2.09. The van der Waals surface area contributed by atoms with Crippen LogP contribution in [0.4, 0.5) is 17.3 Å². The second-order valence-corrected chi connectivity index (χ2v) is 3.74. The zero-order valence-electron chi connectivity index (χ0n) is 10.3. The molecule has 0 aliphatic heterocycles. The highest BCUT2D eigenvalue weighted by Crippen LogP contribution is 2.24. The van der Waals surface area contributed by atoms with Gasteiger partial charge in [0.2, 0.25) is 0 Å². The van der Waals surface area contributed by atoms with Gasteiger partial charge in [-0.2, -0.15) is 0 Å². The first kappa shape index (κ1) is 12.1. The van der Waals surface area contributed by atoms with Crippen molar-refractivity contribution in [2.75, 3.05) is 17.9 Å². The number of nitrogens with one attached hydrogen (secondary N) is 2. The molecule has 0 radical (unpaired) electrons. The molecule has 0 amide bonds. The molecule has 0 bridgehead atoms. The molecule has 0 unspecified atom stereocenters. The van der Waals surface area contributed by atoms with Crippen LogP contribution in [-0.2, 0) is 0 Å². The first-order valence-corrected chi connectivity index (χ1v) is 5.43. The van der Waals surface area contributed by atoms with Crippen molar-refractivity contribution in [1.82, 2.24) is 9.97 Å². The molecule has 0 saturated carbocycles. The zero-order valence-corrected chi connectivity index (χ0v) is 10.3. The number of hydrazine groups is 1. The van der Waals surface area contributed by atoms with E-state index >= 15 is 0 Å². The van der Waals surface area contributed by atoms with E-state index in [1.54, 1.807) is 13.2 Å². The lowest BCUT2D eigenvalue weighted by atomic mass is 10.2. The number of hydrogen-bond acceptors (Lipinski definition) is 6. The molecule has 0 aliphatic carbocycles. The number of nitrogens with two attached hydrogens (primary N) is 1. The molecule has 6 nitrogen and oxygen atoms in total. The quantitative estimate of drug-likeness (QED) is 0.563. The predicted molar refractivity (Wildman–Crippen MR) is 70.9 cm³/mol. The predicted octanol–water partition coefficient (Wildman–Crippen LogP) is 1.82. The third kappa shape index (κ3) is 2.67. The second kappa shape index (κ2) is 5.33. The van der Waals surface area contributed by atoms with Crippen LogP contribution in [-0.4, -0.2) is 17.1 Å². The Bertz CT molecular complexity index is 544. The summed E-state index contributed by atoms with van der Waals surface area (Å²) in [6.45, 7) is 1.99. The Morgan fingerprint density at radius 1 is 1.17 bits per heavy atom. The van der Waals surface area contributed by atoms with Gasteiger partial charge in [-0.3, -0.25) is 0 Å². The van der Waals surface area contributed by atoms with Crippen molar-refractivity contribution in [2.45, 2.75) is 6.92 Å². The Morgan fingerprint density at radius 2 is 1.94 bits per heavy atom. The molecular formula is C12H15N5O. The highest BCUT2D eigenvalue weighted by atomic mass is 16.5. The highest BCUT2D eigenvalue weighted by molar-refractivity contribution is 5.63. The molecule has 0 saturated heterocycles. The van der Waals surface area contributed by atoms with Gasteiger partial charge in [-0.1, -0.05) is 0 Å². The van der Waals surface area contributed by atoms with Crippen LogP contribution in [0.25, 0.3) is 0 Å². The van der Waals surface area contributed by atoms with E-state index in [4.69, 9.17) is 10.6 Å². The van der Waals surface area contributed by atoms with E-state index in [1.807, 2.05) is 25.1 Å². The number of ether oxygens (including phenoxy) is 1. The first-order valence-electron chi connectivity index (χ1n) is 5.43. The molecule has 1 heterocycles. The van der Waals surface area contributed by atoms with Crippen LogP contribution in [0.2, 0.25) is 0 Å². The molecule has 0 fully saturated rings. The first-order chi connectivity index (χ1) is 8.72. The molecule has 18 heavy (non-hydrogen) atoms. The Kier molecular flexibility index (Phi) is 3.59. The van der Waals surface area contributed by atoms with Crippen LogP contribution in [0.3, 0.4) is 0 Å². The summed E-state index contributed by atoms with van der Waals surface area (Å²) in [4.78, 5) is 8.06. The van der Waals surface area contributed by atoms with Crippen LogP contribution in [0.5, 0.6) is 5.75 Å². The molecule has 2 rings (SSSR count). The number of hydrogen-bond donors (Lipinski definition) is 3. The highest BCUT2D eigenvalue weighted by Gasteiger charge is 2.02. The standard InChI is InChI=1S/C12H15N5O/c1-8-5-9(18-2)3-4-10(8)16-11-6-12(17-13)15-7-14-11/h3-7H,13H2,1-2H3,(H2,14,15,16,17). The summed E-state index contributed by atoms with van der Waals surface area (Å²) < 4.78 is 5.16. The van der Waals surface area contributed by atoms with Crippen molar-refractivity contribution in [3.63, 3.8) is 0 Å². The number of anilines is 3. The topological polar surface area (TPSA) is 85.1 Å². The summed E-state index contributed by atoms with van der Waals surface area (Å²) in [6.07, 6.45) is 1.44. The summed E-state index contributed by atoms with van der Waals surface area (Å²) in [5, 5.41) is 3.20. The van der Waals surface area contributed by atoms with Crippen molar-refractivity contribution in [2.24, 2.45) is 5.84 Å². The van der Waals surface area contributed by atoms with Crippen molar-refractivity contribution in [1.29, 1.82) is 0 Å². The fourth-order valence-corrected chi connectivity index (χ4v) is 1.55. The maximum atomic E-state index is 5.30. The number of nitrogens with zero attached hydrogens (tertiary/aromatic N) is 2. The van der Waals surface area contributed by atoms with Gasteiger partial charge < -0.3 is 15.5 Å². The molecule has 2 aromatic rings. The molecule has 1 aromatic heterocycles. The number of methoxy groups -OCH3 is 1. The van der Waals surface area contributed by atoms with E-state index in [0.29, 0.717) is 11.6 Å². The zero-order chi connectivity index (χ0) is 13.0. The van der Waals surface area contributed by atoms with Crippen LogP contribution in [0.15, 0.2) is 30.6 Å². The summed E-state index contributed by atoms with van der Waals surface area (Å²) in [6, 6.07) is 7.50. The molecule has 1 aromatic carbocycles. The second-order valence-electron chi connectivity index (χ2n) is 3.74. The summed E-state index contributed by atoms with van der Waals surface area (Å²) in [5.74, 6) is 7.35. The van der Waals surface area contributed by atoms with E-state index < -0.39 is 0 Å². The Balaban J connectivity index is 2.22. The number of nitrogen functional groups attached to an aromatic ring is 1. The van der Waals surface area contributed by atoms with Gasteiger partial charge in [0.1, 0.15) is 23.7 Å². The van der Waals surface area contributed by atoms with Gasteiger partial charge in [0.05, 0.1) is 7.11 Å². The van der Waals surface area contributed by atoms with Gasteiger partial charge in [0, 0.05) is 11.8 Å². The van der Waals surface area contributed by atoms with Gasteiger partial charge in [0.25, 0.3) is 0 Å². The minimum Gasteiger partial charge on any atom is -0.497 e. The van der Waals surface area contributed by atoms with E-state index in [-0.39, 0.29) is 0 Å². The van der Waals surface area contributed by atoms with E-state index in [2.05, 4.69) is 20.7 Å². The van der Waals surface area contributed by atoms with Crippen molar-refractivity contribution < 1.29 is 4.74 Å². The maximum absolute atomic E-state index is 5.30. The van der Waals surface area contributed by atoms with Crippen LogP contribution < -0.4 is 21.3 Å². The van der Waals surface area contributed by atoms with E-state index in [0.717, 1.165) is 17.0 Å². The van der Waals surface area contributed by atoms with Crippen LogP contribution in [0.1, 0.15) is 5.56 Å². The maximum Gasteiger partial charge on any atom is 0.145 e. The summed E-state index contributed by atoms with van der Waals surface area (Å²) in [5.41, 5.74) is 4.50. The third-order valence-electron chi connectivity index (χ3n) is 2.51. The van der Waals surface area contributed by atoms with E-state index in [9.17, 15) is 0 Å². The Labute approximate surface area is 105 Å². The lowest BCUT2D eigenvalue weighted by Gasteiger charge is -2.10. The monoisotopic (exact) mass is 245 g/mol.